The molecule has 58 heavy (non-hydrogen) atoms. The number of para-hydroxylation sites is 1. The second-order valence-corrected chi connectivity index (χ2v) is 17.2. The summed E-state index contributed by atoms with van der Waals surface area (Å²) in [7, 11) is 2.15. The fourth-order valence-electron chi connectivity index (χ4n) is 10.6. The van der Waals surface area contributed by atoms with E-state index in [9.17, 15) is 0 Å². The van der Waals surface area contributed by atoms with Gasteiger partial charge in [-0.25, -0.2) is 4.57 Å². The summed E-state index contributed by atoms with van der Waals surface area (Å²) in [4.78, 5) is 2.54. The normalized spacial score (nSPS) is 17.7. The van der Waals surface area contributed by atoms with Gasteiger partial charge in [-0.2, -0.15) is 4.57 Å². The lowest BCUT2D eigenvalue weighted by atomic mass is 9.76. The molecule has 1 aliphatic heterocycles. The minimum Gasteiger partial charge on any atom is -0.310 e. The summed E-state index contributed by atoms with van der Waals surface area (Å²) in [6, 6.07) is 49.9. The van der Waals surface area contributed by atoms with Crippen molar-refractivity contribution in [1.82, 2.24) is 4.57 Å². The second-order valence-electron chi connectivity index (χ2n) is 17.2. The lowest BCUT2D eigenvalue weighted by molar-refractivity contribution is -0.700. The van der Waals surface area contributed by atoms with Crippen molar-refractivity contribution in [2.45, 2.75) is 52.5 Å². The van der Waals surface area contributed by atoms with Crippen LogP contribution in [0.5, 0.6) is 0 Å². The van der Waals surface area contributed by atoms with Gasteiger partial charge in [0.15, 0.2) is 18.4 Å². The van der Waals surface area contributed by atoms with E-state index < -0.39 is 0 Å². The number of allylic oxidation sites excluding steroid dienone is 4. The predicted octanol–water partition coefficient (Wildman–Crippen LogP) is 12.6. The number of nitrogens with zero attached hydrogens (tertiary/aromatic N) is 4. The van der Waals surface area contributed by atoms with Crippen LogP contribution in [0, 0.1) is 12.8 Å². The summed E-state index contributed by atoms with van der Waals surface area (Å²) in [6.07, 6.45) is 10.3. The smallest absolute Gasteiger partial charge is 0.213 e. The van der Waals surface area contributed by atoms with Crippen molar-refractivity contribution in [3.63, 3.8) is 0 Å². The summed E-state index contributed by atoms with van der Waals surface area (Å²) in [5.74, 6) is 0.550. The van der Waals surface area contributed by atoms with Gasteiger partial charge in [0.1, 0.15) is 7.05 Å². The fraction of sp³-hybridized carbons (Fsp3) is 0.185. The molecule has 2 aliphatic carbocycles. The van der Waals surface area contributed by atoms with Crippen molar-refractivity contribution in [3.05, 3.63) is 186 Å². The third-order valence-corrected chi connectivity index (χ3v) is 13.5. The molecule has 2 atom stereocenters. The van der Waals surface area contributed by atoms with Crippen LogP contribution in [0.3, 0.4) is 0 Å². The molecule has 3 aromatic heterocycles. The van der Waals surface area contributed by atoms with E-state index >= 15 is 0 Å². The number of hydrogen-bond acceptors (Lipinski definition) is 1. The van der Waals surface area contributed by atoms with Crippen LogP contribution < -0.4 is 14.0 Å². The van der Waals surface area contributed by atoms with Crippen LogP contribution in [-0.2, 0) is 12.5 Å². The molecule has 0 amide bonds. The van der Waals surface area contributed by atoms with Crippen molar-refractivity contribution in [3.8, 4) is 28.2 Å². The molecule has 3 aliphatic rings. The Morgan fingerprint density at radius 3 is 2.17 bits per heavy atom. The van der Waals surface area contributed by atoms with Crippen molar-refractivity contribution in [2.24, 2.45) is 13.0 Å². The summed E-state index contributed by atoms with van der Waals surface area (Å²) < 4.78 is 7.19. The van der Waals surface area contributed by atoms with Crippen molar-refractivity contribution in [1.29, 1.82) is 0 Å². The first-order valence-electron chi connectivity index (χ1n) is 20.8. The number of aryl methyl sites for hydroxylation is 1. The average Bonchev–Trinajstić information content (AvgIpc) is 3.67. The van der Waals surface area contributed by atoms with E-state index in [1.54, 1.807) is 5.57 Å². The topological polar surface area (TPSA) is 15.9 Å². The number of rotatable bonds is 3. The van der Waals surface area contributed by atoms with Crippen LogP contribution in [0.4, 0.5) is 17.1 Å². The summed E-state index contributed by atoms with van der Waals surface area (Å²) in [5.41, 5.74) is 20.3. The van der Waals surface area contributed by atoms with Crippen LogP contribution >= 0.6 is 0 Å². The fourth-order valence-corrected chi connectivity index (χ4v) is 10.6. The molecule has 8 aromatic rings. The summed E-state index contributed by atoms with van der Waals surface area (Å²) in [6.45, 7) is 11.9. The second kappa shape index (κ2) is 12.7. The molecule has 2 unspecified atom stereocenters. The molecule has 4 heteroatoms. The highest BCUT2D eigenvalue weighted by atomic mass is 15.2. The Labute approximate surface area is 341 Å². The predicted molar refractivity (Wildman–Crippen MR) is 239 cm³/mol. The van der Waals surface area contributed by atoms with Gasteiger partial charge in [0.25, 0.3) is 0 Å². The zero-order valence-electron chi connectivity index (χ0n) is 34.2. The van der Waals surface area contributed by atoms with Gasteiger partial charge in [0, 0.05) is 64.4 Å². The Morgan fingerprint density at radius 1 is 0.638 bits per heavy atom. The Kier molecular flexibility index (Phi) is 7.63. The SMILES string of the molecule is Cc1c2cccc1N(c1ccc3c(c1)c1cc4c(cc1n3-c1ccccc1)C(C)(C)C1=C4C=CC(C)C1)c1cccc(-c3cccc[n+]3C)c1C(C)[n+]1ccccc1-2. The first kappa shape index (κ1) is 34.7. The molecule has 5 aromatic carbocycles. The molecule has 0 N–H and O–H groups in total. The summed E-state index contributed by atoms with van der Waals surface area (Å²) in [5, 5.41) is 2.54. The van der Waals surface area contributed by atoms with Gasteiger partial charge in [0.2, 0.25) is 11.4 Å². The zero-order chi connectivity index (χ0) is 39.4. The van der Waals surface area contributed by atoms with E-state index in [2.05, 4.69) is 218 Å². The van der Waals surface area contributed by atoms with Crippen LogP contribution in [-0.4, -0.2) is 4.57 Å². The van der Waals surface area contributed by atoms with E-state index in [0.717, 1.165) is 12.1 Å². The minimum atomic E-state index is -0.0320. The maximum absolute atomic E-state index is 2.54. The minimum absolute atomic E-state index is 0.0298. The maximum atomic E-state index is 2.54. The van der Waals surface area contributed by atoms with Gasteiger partial charge in [-0.05, 0) is 120 Å². The summed E-state index contributed by atoms with van der Waals surface area (Å²) >= 11 is 0. The number of aromatic nitrogens is 3. The van der Waals surface area contributed by atoms with Gasteiger partial charge in [-0.15, -0.1) is 0 Å². The van der Waals surface area contributed by atoms with E-state index in [1.807, 2.05) is 0 Å². The standard InChI is InChI=1S/C54H48N4/c1-34-24-26-40-42-32-44-43-31-38(25-27-50(43)57(37-16-8-7-9-17-37)52(44)33-46(42)54(4,5)45(40)30-34)58-47-22-14-18-39(35(47)2)49-21-11-13-29-56(49)36(3)53-41(19-15-23-51(53)58)48-20-10-12-28-55(48)6/h7-29,31-34,36H,30H2,1-6H3/q+2. The van der Waals surface area contributed by atoms with Crippen molar-refractivity contribution in [2.75, 3.05) is 4.90 Å². The zero-order valence-corrected chi connectivity index (χ0v) is 34.2. The molecular formula is C54H48N4+2. The van der Waals surface area contributed by atoms with Crippen LogP contribution in [0.2, 0.25) is 0 Å². The number of anilines is 3. The van der Waals surface area contributed by atoms with Crippen molar-refractivity contribution < 1.29 is 9.13 Å². The van der Waals surface area contributed by atoms with E-state index in [-0.39, 0.29) is 11.5 Å². The van der Waals surface area contributed by atoms with Gasteiger partial charge < -0.3 is 9.47 Å². The third kappa shape index (κ3) is 4.94. The molecule has 4 nitrogen and oxygen atoms in total. The average molecular weight is 753 g/mol. The van der Waals surface area contributed by atoms with E-state index in [1.165, 1.54) is 89.2 Å². The van der Waals surface area contributed by atoms with Gasteiger partial charge in [0.05, 0.1) is 33.4 Å². The number of pyridine rings is 2. The molecule has 0 radical (unpaired) electrons. The quantitative estimate of drug-likeness (QED) is 0.164. The van der Waals surface area contributed by atoms with Crippen LogP contribution in [0.1, 0.15) is 62.4 Å². The maximum Gasteiger partial charge on any atom is 0.213 e. The van der Waals surface area contributed by atoms with E-state index in [4.69, 9.17) is 0 Å². The van der Waals surface area contributed by atoms with Gasteiger partial charge in [-0.3, -0.25) is 0 Å². The van der Waals surface area contributed by atoms with Crippen molar-refractivity contribution >= 4 is 44.4 Å². The first-order valence-corrected chi connectivity index (χ1v) is 20.8. The highest BCUT2D eigenvalue weighted by molar-refractivity contribution is 6.13. The van der Waals surface area contributed by atoms with E-state index in [0.29, 0.717) is 5.92 Å². The highest BCUT2D eigenvalue weighted by Gasteiger charge is 2.40. The Morgan fingerprint density at radius 2 is 1.36 bits per heavy atom. The Balaban J connectivity index is 1.23. The lowest BCUT2D eigenvalue weighted by Crippen LogP contribution is -2.41. The van der Waals surface area contributed by atoms with Crippen LogP contribution in [0.15, 0.2) is 164 Å². The van der Waals surface area contributed by atoms with Gasteiger partial charge >= 0.3 is 0 Å². The molecule has 2 bridgehead atoms. The molecule has 11 rings (SSSR count). The lowest BCUT2D eigenvalue weighted by Gasteiger charge is -2.30. The molecule has 0 fully saturated rings. The first-order chi connectivity index (χ1) is 28.2. The number of hydrogen-bond donors (Lipinski definition) is 0. The Hall–Kier alpha value is -6.52. The number of fused-ring (bicyclic) bond motifs is 10. The molecule has 4 heterocycles. The molecule has 0 saturated carbocycles. The molecule has 0 spiro atoms. The monoisotopic (exact) mass is 752 g/mol. The third-order valence-electron chi connectivity index (χ3n) is 13.5. The van der Waals surface area contributed by atoms with Gasteiger partial charge in [-0.1, -0.05) is 68.8 Å². The molecule has 0 saturated heterocycles. The largest absolute Gasteiger partial charge is 0.310 e. The molecular weight excluding hydrogens is 705 g/mol. The van der Waals surface area contributed by atoms with Crippen LogP contribution in [0.25, 0.3) is 55.6 Å². The molecule has 282 valence electrons. The highest BCUT2D eigenvalue weighted by Crippen LogP contribution is 2.53. The number of benzene rings is 5. The Bertz CT molecular complexity index is 3070.